The van der Waals surface area contributed by atoms with E-state index in [9.17, 15) is 4.79 Å². The summed E-state index contributed by atoms with van der Waals surface area (Å²) in [7, 11) is 0. The van der Waals surface area contributed by atoms with Gasteiger partial charge < -0.3 is 9.84 Å². The molecule has 8 nitrogen and oxygen atoms in total. The van der Waals surface area contributed by atoms with Crippen molar-refractivity contribution in [3.8, 4) is 5.69 Å². The number of amides is 1. The number of anilines is 1. The van der Waals surface area contributed by atoms with E-state index in [1.807, 2.05) is 24.3 Å². The van der Waals surface area contributed by atoms with Crippen molar-refractivity contribution in [2.24, 2.45) is 0 Å². The lowest BCUT2D eigenvalue weighted by molar-refractivity contribution is -0.114. The molecule has 0 radical (unpaired) electrons. The van der Waals surface area contributed by atoms with Crippen molar-refractivity contribution in [3.63, 3.8) is 0 Å². The lowest BCUT2D eigenvalue weighted by atomic mass is 10.2. The molecular formula is C20H24N6O2S. The van der Waals surface area contributed by atoms with Crippen LogP contribution in [0.2, 0.25) is 0 Å². The van der Waals surface area contributed by atoms with Gasteiger partial charge in [-0.3, -0.25) is 9.36 Å². The number of benzene rings is 1. The Labute approximate surface area is 173 Å². The summed E-state index contributed by atoms with van der Waals surface area (Å²) in [6.07, 6.45) is 5.24. The smallest absolute Gasteiger partial charge is 0.237 e. The maximum atomic E-state index is 11.4. The molecule has 1 aliphatic rings. The van der Waals surface area contributed by atoms with E-state index < -0.39 is 0 Å². The predicted molar refractivity (Wildman–Crippen MR) is 110 cm³/mol. The van der Waals surface area contributed by atoms with E-state index in [0.717, 1.165) is 60.3 Å². The van der Waals surface area contributed by atoms with Crippen LogP contribution in [0.5, 0.6) is 0 Å². The predicted octanol–water partition coefficient (Wildman–Crippen LogP) is 4.12. The van der Waals surface area contributed by atoms with Gasteiger partial charge in [0.05, 0.1) is 11.4 Å². The van der Waals surface area contributed by atoms with Crippen LogP contribution in [-0.2, 0) is 17.0 Å². The largest absolute Gasteiger partial charge is 0.338 e. The van der Waals surface area contributed by atoms with Gasteiger partial charge in [0.2, 0.25) is 11.8 Å². The molecule has 0 unspecified atom stereocenters. The highest BCUT2D eigenvalue weighted by molar-refractivity contribution is 7.98. The van der Waals surface area contributed by atoms with E-state index in [-0.39, 0.29) is 5.91 Å². The molecule has 1 amide bonds. The fourth-order valence-electron chi connectivity index (χ4n) is 3.06. The summed E-state index contributed by atoms with van der Waals surface area (Å²) in [5, 5.41) is 16.5. The first kappa shape index (κ1) is 19.6. The first-order valence-corrected chi connectivity index (χ1v) is 10.9. The van der Waals surface area contributed by atoms with Gasteiger partial charge in [-0.25, -0.2) is 0 Å². The number of nitrogens with one attached hydrogen (secondary N) is 1. The summed E-state index contributed by atoms with van der Waals surface area (Å²) in [6, 6.07) is 7.73. The second-order valence-corrected chi connectivity index (χ2v) is 8.12. The Morgan fingerprint density at radius 3 is 2.97 bits per heavy atom. The van der Waals surface area contributed by atoms with E-state index in [2.05, 4.69) is 37.1 Å². The van der Waals surface area contributed by atoms with E-state index >= 15 is 0 Å². The number of thioether (sulfide) groups is 1. The summed E-state index contributed by atoms with van der Waals surface area (Å²) in [5.74, 6) is 3.18. The summed E-state index contributed by atoms with van der Waals surface area (Å²) in [5.41, 5.74) is 1.68. The molecule has 152 valence electrons. The molecule has 2 heterocycles. The highest BCUT2D eigenvalue weighted by atomic mass is 32.2. The molecule has 29 heavy (non-hydrogen) atoms. The highest BCUT2D eigenvalue weighted by Crippen LogP contribution is 2.41. The third-order valence-corrected chi connectivity index (χ3v) is 5.53. The van der Waals surface area contributed by atoms with Crippen molar-refractivity contribution < 1.29 is 9.32 Å². The minimum Gasteiger partial charge on any atom is -0.338 e. The average Bonchev–Trinajstić information content (AvgIpc) is 3.30. The lowest BCUT2D eigenvalue weighted by Gasteiger charge is -2.11. The molecule has 1 aromatic carbocycles. The van der Waals surface area contributed by atoms with Crippen molar-refractivity contribution in [1.82, 2.24) is 24.9 Å². The molecule has 0 atom stereocenters. The van der Waals surface area contributed by atoms with Crippen LogP contribution in [0.1, 0.15) is 63.0 Å². The van der Waals surface area contributed by atoms with Crippen molar-refractivity contribution in [3.05, 3.63) is 41.8 Å². The molecule has 2 aromatic heterocycles. The molecule has 1 aliphatic carbocycles. The Hall–Kier alpha value is -2.68. The van der Waals surface area contributed by atoms with Crippen LogP contribution < -0.4 is 5.32 Å². The van der Waals surface area contributed by atoms with Gasteiger partial charge in [-0.05, 0) is 37.5 Å². The maximum Gasteiger partial charge on any atom is 0.237 e. The molecular weight excluding hydrogens is 388 g/mol. The van der Waals surface area contributed by atoms with E-state index in [4.69, 9.17) is 4.52 Å². The molecule has 0 aliphatic heterocycles. The third kappa shape index (κ3) is 4.84. The van der Waals surface area contributed by atoms with Gasteiger partial charge in [-0.2, -0.15) is 4.98 Å². The molecule has 0 spiro atoms. The normalized spacial score (nSPS) is 13.6. The summed E-state index contributed by atoms with van der Waals surface area (Å²) < 4.78 is 7.44. The van der Waals surface area contributed by atoms with Gasteiger partial charge in [0.15, 0.2) is 11.0 Å². The number of hydrogen-bond acceptors (Lipinski definition) is 7. The van der Waals surface area contributed by atoms with Gasteiger partial charge in [-0.15, -0.1) is 10.2 Å². The number of nitrogens with zero attached hydrogens (tertiary/aromatic N) is 5. The van der Waals surface area contributed by atoms with Gasteiger partial charge >= 0.3 is 0 Å². The minimum absolute atomic E-state index is 0.0989. The van der Waals surface area contributed by atoms with Crippen molar-refractivity contribution in [2.45, 2.75) is 62.8 Å². The SMILES string of the molecule is CCCCc1noc(CSc2nnc(C3CC3)n2-c2cccc(NC(C)=O)c2)n1. The molecule has 9 heteroatoms. The lowest BCUT2D eigenvalue weighted by Crippen LogP contribution is -2.07. The topological polar surface area (TPSA) is 98.7 Å². The number of hydrogen-bond donors (Lipinski definition) is 1. The van der Waals surface area contributed by atoms with Crippen LogP contribution in [0.3, 0.4) is 0 Å². The Balaban J connectivity index is 1.55. The van der Waals surface area contributed by atoms with Crippen molar-refractivity contribution in [1.29, 1.82) is 0 Å². The zero-order chi connectivity index (χ0) is 20.2. The summed E-state index contributed by atoms with van der Waals surface area (Å²) >= 11 is 1.52. The average molecular weight is 413 g/mol. The van der Waals surface area contributed by atoms with Gasteiger partial charge in [-0.1, -0.05) is 36.3 Å². The molecule has 0 saturated heterocycles. The molecule has 1 N–H and O–H groups in total. The van der Waals surface area contributed by atoms with Crippen molar-refractivity contribution >= 4 is 23.4 Å². The van der Waals surface area contributed by atoms with Crippen molar-refractivity contribution in [2.75, 3.05) is 5.32 Å². The standard InChI is InChI=1S/C20H24N6O2S/c1-3-4-8-17-22-18(28-25-17)12-29-20-24-23-19(14-9-10-14)26(20)16-7-5-6-15(11-16)21-13(2)27/h5-7,11,14H,3-4,8-10,12H2,1-2H3,(H,21,27). The summed E-state index contributed by atoms with van der Waals surface area (Å²) in [6.45, 7) is 3.64. The van der Waals surface area contributed by atoms with Crippen LogP contribution in [0, 0.1) is 0 Å². The third-order valence-electron chi connectivity index (χ3n) is 4.61. The second kappa shape index (κ2) is 8.77. The van der Waals surface area contributed by atoms with E-state index in [0.29, 0.717) is 17.6 Å². The second-order valence-electron chi connectivity index (χ2n) is 7.18. The van der Waals surface area contributed by atoms with E-state index in [1.165, 1.54) is 18.7 Å². The fraction of sp³-hybridized carbons (Fsp3) is 0.450. The van der Waals surface area contributed by atoms with E-state index in [1.54, 1.807) is 0 Å². The Bertz CT molecular complexity index is 995. The number of carbonyl (C=O) groups is 1. The van der Waals surface area contributed by atoms with Gasteiger partial charge in [0.25, 0.3) is 0 Å². The van der Waals surface area contributed by atoms with Crippen LogP contribution in [-0.4, -0.2) is 30.8 Å². The molecule has 1 saturated carbocycles. The number of carbonyl (C=O) groups excluding carboxylic acids is 1. The summed E-state index contributed by atoms with van der Waals surface area (Å²) in [4.78, 5) is 15.9. The number of aromatic nitrogens is 5. The van der Waals surface area contributed by atoms with Crippen LogP contribution in [0.15, 0.2) is 33.9 Å². The fourth-order valence-corrected chi connectivity index (χ4v) is 3.86. The zero-order valence-corrected chi connectivity index (χ0v) is 17.4. The molecule has 1 fully saturated rings. The zero-order valence-electron chi connectivity index (χ0n) is 16.6. The minimum atomic E-state index is -0.0989. The van der Waals surface area contributed by atoms with Crippen LogP contribution in [0.4, 0.5) is 5.69 Å². The Kier molecular flexibility index (Phi) is 5.94. The van der Waals surface area contributed by atoms with Gasteiger partial charge in [0.1, 0.15) is 5.82 Å². The number of unbranched alkanes of at least 4 members (excludes halogenated alkanes) is 1. The molecule has 0 bridgehead atoms. The quantitative estimate of drug-likeness (QED) is 0.528. The molecule has 3 aromatic rings. The Morgan fingerprint density at radius 2 is 2.21 bits per heavy atom. The number of aryl methyl sites for hydroxylation is 1. The first-order chi connectivity index (χ1) is 14.1. The highest BCUT2D eigenvalue weighted by Gasteiger charge is 2.31. The van der Waals surface area contributed by atoms with Gasteiger partial charge in [0, 0.05) is 24.9 Å². The number of rotatable bonds is 9. The Morgan fingerprint density at radius 1 is 1.34 bits per heavy atom. The monoisotopic (exact) mass is 412 g/mol. The maximum absolute atomic E-state index is 11.4. The molecule has 4 rings (SSSR count). The van der Waals surface area contributed by atoms with Crippen LogP contribution in [0.25, 0.3) is 5.69 Å². The first-order valence-electron chi connectivity index (χ1n) is 9.91. The van der Waals surface area contributed by atoms with Crippen LogP contribution >= 0.6 is 11.8 Å².